The molecule has 0 aliphatic heterocycles. The second kappa shape index (κ2) is 11.8. The van der Waals surface area contributed by atoms with Gasteiger partial charge >= 0.3 is 5.97 Å². The van der Waals surface area contributed by atoms with E-state index in [1.54, 1.807) is 11.8 Å². The van der Waals surface area contributed by atoms with Crippen LogP contribution in [0.1, 0.15) is 26.2 Å². The van der Waals surface area contributed by atoms with Crippen molar-refractivity contribution in [2.45, 2.75) is 38.4 Å². The lowest BCUT2D eigenvalue weighted by Crippen LogP contribution is -2.30. The highest BCUT2D eigenvalue weighted by atomic mass is 32.2. The molecular weight excluding hydrogens is 214 g/mol. The second-order valence-electron chi connectivity index (χ2n) is 3.18. The summed E-state index contributed by atoms with van der Waals surface area (Å²) in [6.07, 6.45) is 4.39. The molecule has 1 atom stereocenters. The number of carboxylic acid groups (broad SMARTS) is 1. The molecule has 0 heterocycles. The van der Waals surface area contributed by atoms with Gasteiger partial charge in [0.05, 0.1) is 6.17 Å². The van der Waals surface area contributed by atoms with E-state index in [2.05, 4.69) is 6.92 Å². The lowest BCUT2D eigenvalue weighted by atomic mass is 10.2. The van der Waals surface area contributed by atoms with Crippen molar-refractivity contribution in [2.75, 3.05) is 12.0 Å². The molecule has 7 N–H and O–H groups in total. The number of carbonyl (C=O) groups is 1. The number of carboxylic acids is 1. The number of rotatable bonds is 6. The van der Waals surface area contributed by atoms with Crippen LogP contribution in [-0.2, 0) is 4.79 Å². The van der Waals surface area contributed by atoms with Gasteiger partial charge in [-0.1, -0.05) is 13.3 Å². The van der Waals surface area contributed by atoms with Crippen LogP contribution in [0.3, 0.4) is 0 Å². The lowest BCUT2D eigenvalue weighted by molar-refractivity contribution is -0.138. The molecule has 0 bridgehead atoms. The van der Waals surface area contributed by atoms with Gasteiger partial charge in [-0.05, 0) is 24.9 Å². The number of thioether (sulfide) groups is 1. The molecule has 0 fully saturated rings. The lowest BCUT2D eigenvalue weighted by Gasteiger charge is -2.02. The third kappa shape index (κ3) is 16.4. The Morgan fingerprint density at radius 3 is 2.07 bits per heavy atom. The van der Waals surface area contributed by atoms with Gasteiger partial charge in [0, 0.05) is 0 Å². The molecule has 0 aromatic carbocycles. The van der Waals surface area contributed by atoms with Crippen LogP contribution in [0.5, 0.6) is 0 Å². The Bertz CT molecular complexity index is 156. The van der Waals surface area contributed by atoms with Crippen LogP contribution in [-0.4, -0.2) is 35.3 Å². The minimum absolute atomic E-state index is 0.102. The van der Waals surface area contributed by atoms with Gasteiger partial charge in [-0.25, -0.2) is 0 Å². The summed E-state index contributed by atoms with van der Waals surface area (Å²) in [6.45, 7) is 2.06. The average molecular weight is 237 g/mol. The fraction of sp³-hybridized carbons (Fsp3) is 0.889. The Morgan fingerprint density at radius 1 is 1.33 bits per heavy atom. The van der Waals surface area contributed by atoms with Gasteiger partial charge in [0.2, 0.25) is 0 Å². The second-order valence-corrected chi connectivity index (χ2v) is 4.16. The maximum absolute atomic E-state index is 10.1. The topological polar surface area (TPSA) is 115 Å². The molecular formula is C9H23N3O2S. The van der Waals surface area contributed by atoms with Crippen LogP contribution >= 0.6 is 11.8 Å². The zero-order valence-corrected chi connectivity index (χ0v) is 10.3. The largest absolute Gasteiger partial charge is 0.480 e. The Balaban J connectivity index is 0. The molecule has 0 saturated carbocycles. The third-order valence-electron chi connectivity index (χ3n) is 1.57. The minimum atomic E-state index is -0.913. The number of nitrogens with two attached hydrogens (primary N) is 3. The predicted octanol–water partition coefficient (Wildman–Crippen LogP) is 0.181. The molecule has 5 nitrogen and oxygen atoms in total. The van der Waals surface area contributed by atoms with Crippen LogP contribution in [0, 0.1) is 0 Å². The Hall–Kier alpha value is -0.300. The standard InChI is InChI=1S/C5H11NO2S.C4H12N2/c1-9-3-2-4(6)5(7)8;1-2-3-4(5)6/h4H,2-3,6H2,1H3,(H,7,8);4H,2-3,5-6H2,1H3. The number of hydrogen-bond donors (Lipinski definition) is 4. The van der Waals surface area contributed by atoms with Gasteiger partial charge < -0.3 is 22.3 Å². The van der Waals surface area contributed by atoms with Crippen molar-refractivity contribution in [2.24, 2.45) is 17.2 Å². The Morgan fingerprint density at radius 2 is 1.87 bits per heavy atom. The summed E-state index contributed by atoms with van der Waals surface area (Å²) in [7, 11) is 0. The van der Waals surface area contributed by atoms with E-state index >= 15 is 0 Å². The van der Waals surface area contributed by atoms with Crippen molar-refractivity contribution < 1.29 is 9.90 Å². The first-order valence-electron chi connectivity index (χ1n) is 4.94. The summed E-state index contributed by atoms with van der Waals surface area (Å²) in [6, 6.07) is -0.683. The molecule has 0 rings (SSSR count). The normalized spacial score (nSPS) is 11.9. The Labute approximate surface area is 95.8 Å². The molecule has 15 heavy (non-hydrogen) atoms. The van der Waals surface area contributed by atoms with Crippen LogP contribution in [0.25, 0.3) is 0 Å². The van der Waals surface area contributed by atoms with Gasteiger partial charge in [-0.2, -0.15) is 11.8 Å². The molecule has 6 heteroatoms. The summed E-state index contributed by atoms with van der Waals surface area (Å²) in [5.74, 6) is -0.1000. The van der Waals surface area contributed by atoms with E-state index in [-0.39, 0.29) is 6.17 Å². The van der Waals surface area contributed by atoms with Gasteiger partial charge in [0.1, 0.15) is 6.04 Å². The summed E-state index contributed by atoms with van der Waals surface area (Å²) in [4.78, 5) is 10.1. The summed E-state index contributed by atoms with van der Waals surface area (Å²) in [5, 5.41) is 8.27. The molecule has 0 amide bonds. The van der Waals surface area contributed by atoms with E-state index in [1.165, 1.54) is 0 Å². The van der Waals surface area contributed by atoms with E-state index < -0.39 is 12.0 Å². The predicted molar refractivity (Wildman–Crippen MR) is 65.7 cm³/mol. The van der Waals surface area contributed by atoms with Crippen LogP contribution < -0.4 is 17.2 Å². The number of hydrogen-bond acceptors (Lipinski definition) is 5. The molecule has 0 aliphatic carbocycles. The van der Waals surface area contributed by atoms with Gasteiger partial charge in [0.25, 0.3) is 0 Å². The quantitative estimate of drug-likeness (QED) is 0.490. The SMILES string of the molecule is CCCC(N)N.CSCCC(N)C(=O)O. The maximum atomic E-state index is 10.1. The molecule has 0 aliphatic rings. The van der Waals surface area contributed by atoms with Crippen molar-refractivity contribution in [1.29, 1.82) is 0 Å². The van der Waals surface area contributed by atoms with Crippen molar-refractivity contribution >= 4 is 17.7 Å². The van der Waals surface area contributed by atoms with Gasteiger partial charge in [0.15, 0.2) is 0 Å². The fourth-order valence-electron chi connectivity index (χ4n) is 0.702. The van der Waals surface area contributed by atoms with E-state index in [0.717, 1.165) is 18.6 Å². The molecule has 0 spiro atoms. The Kier molecular flexibility index (Phi) is 13.4. The van der Waals surface area contributed by atoms with Crippen molar-refractivity contribution in [1.82, 2.24) is 0 Å². The molecule has 92 valence electrons. The fourth-order valence-corrected chi connectivity index (χ4v) is 1.19. The van der Waals surface area contributed by atoms with Crippen LogP contribution in [0.2, 0.25) is 0 Å². The summed E-state index contributed by atoms with van der Waals surface area (Å²) >= 11 is 1.60. The van der Waals surface area contributed by atoms with Crippen LogP contribution in [0.4, 0.5) is 0 Å². The van der Waals surface area contributed by atoms with Crippen molar-refractivity contribution in [3.8, 4) is 0 Å². The summed E-state index contributed by atoms with van der Waals surface area (Å²) < 4.78 is 0. The molecule has 0 radical (unpaired) electrons. The highest BCUT2D eigenvalue weighted by molar-refractivity contribution is 7.98. The van der Waals surface area contributed by atoms with E-state index in [1.807, 2.05) is 6.26 Å². The summed E-state index contributed by atoms with van der Waals surface area (Å²) in [5.41, 5.74) is 15.6. The monoisotopic (exact) mass is 237 g/mol. The molecule has 0 aromatic rings. The van der Waals surface area contributed by atoms with E-state index in [4.69, 9.17) is 22.3 Å². The van der Waals surface area contributed by atoms with Crippen molar-refractivity contribution in [3.63, 3.8) is 0 Å². The smallest absolute Gasteiger partial charge is 0.320 e. The first-order valence-corrected chi connectivity index (χ1v) is 6.33. The first kappa shape index (κ1) is 17.1. The minimum Gasteiger partial charge on any atom is -0.480 e. The third-order valence-corrected chi connectivity index (χ3v) is 2.22. The maximum Gasteiger partial charge on any atom is 0.320 e. The van der Waals surface area contributed by atoms with Gasteiger partial charge in [-0.3, -0.25) is 4.79 Å². The number of aliphatic carboxylic acids is 1. The average Bonchev–Trinajstić information content (AvgIpc) is 2.14. The molecule has 1 unspecified atom stereocenters. The zero-order chi connectivity index (χ0) is 12.3. The van der Waals surface area contributed by atoms with E-state index in [0.29, 0.717) is 6.42 Å². The van der Waals surface area contributed by atoms with E-state index in [9.17, 15) is 4.79 Å². The first-order chi connectivity index (χ1) is 6.95. The van der Waals surface area contributed by atoms with Crippen molar-refractivity contribution in [3.05, 3.63) is 0 Å². The van der Waals surface area contributed by atoms with Crippen LogP contribution in [0.15, 0.2) is 0 Å². The zero-order valence-electron chi connectivity index (χ0n) is 9.48. The highest BCUT2D eigenvalue weighted by Crippen LogP contribution is 1.97. The highest BCUT2D eigenvalue weighted by Gasteiger charge is 2.08. The molecule has 0 aromatic heterocycles. The van der Waals surface area contributed by atoms with Gasteiger partial charge in [-0.15, -0.1) is 0 Å². The molecule has 0 saturated heterocycles.